The number of piperidine rings is 1. The number of benzene rings is 1. The summed E-state index contributed by atoms with van der Waals surface area (Å²) in [5.41, 5.74) is 0.589. The predicted octanol–water partition coefficient (Wildman–Crippen LogP) is 2.40. The van der Waals surface area contributed by atoms with E-state index in [0.29, 0.717) is 5.56 Å². The molecule has 23 heavy (non-hydrogen) atoms. The van der Waals surface area contributed by atoms with Gasteiger partial charge in [0, 0.05) is 37.2 Å². The third-order valence-electron chi connectivity index (χ3n) is 5.01. The molecule has 3 rings (SSSR count). The highest BCUT2D eigenvalue weighted by Crippen LogP contribution is 2.33. The van der Waals surface area contributed by atoms with Gasteiger partial charge in [-0.05, 0) is 43.7 Å². The van der Waals surface area contributed by atoms with E-state index in [1.807, 2.05) is 4.90 Å². The van der Waals surface area contributed by atoms with Crippen LogP contribution >= 0.6 is 0 Å². The zero-order chi connectivity index (χ0) is 16.3. The lowest BCUT2D eigenvalue weighted by Gasteiger charge is -2.43. The van der Waals surface area contributed by atoms with Crippen LogP contribution in [0.15, 0.2) is 24.3 Å². The molecule has 1 aromatic rings. The summed E-state index contributed by atoms with van der Waals surface area (Å²) in [5.74, 6) is -0.316. The van der Waals surface area contributed by atoms with Gasteiger partial charge in [0.15, 0.2) is 0 Å². The smallest absolute Gasteiger partial charge is 0.253 e. The molecule has 5 heteroatoms. The number of hydrogen-bond donors (Lipinski definition) is 0. The zero-order valence-corrected chi connectivity index (χ0v) is 13.8. The van der Waals surface area contributed by atoms with Crippen LogP contribution < -0.4 is 0 Å². The molecule has 0 radical (unpaired) electrons. The molecule has 4 nitrogen and oxygen atoms in total. The van der Waals surface area contributed by atoms with E-state index in [4.69, 9.17) is 4.74 Å². The van der Waals surface area contributed by atoms with Crippen molar-refractivity contribution in [3.8, 4) is 0 Å². The van der Waals surface area contributed by atoms with E-state index in [0.717, 1.165) is 58.8 Å². The molecule has 1 aromatic carbocycles. The van der Waals surface area contributed by atoms with Crippen LogP contribution in [0.4, 0.5) is 4.39 Å². The lowest BCUT2D eigenvalue weighted by molar-refractivity contribution is 0.00767. The van der Waals surface area contributed by atoms with Crippen molar-refractivity contribution in [2.24, 2.45) is 5.41 Å². The van der Waals surface area contributed by atoms with Crippen molar-refractivity contribution in [3.63, 3.8) is 0 Å². The van der Waals surface area contributed by atoms with Crippen molar-refractivity contribution in [1.29, 1.82) is 0 Å². The summed E-state index contributed by atoms with van der Waals surface area (Å²) >= 11 is 0. The second-order valence-electron chi connectivity index (χ2n) is 6.76. The Bertz CT molecular complexity index is 548. The molecule has 1 amide bonds. The first-order chi connectivity index (χ1) is 11.1. The average molecular weight is 320 g/mol. The Labute approximate surface area is 137 Å². The molecule has 0 unspecified atom stereocenters. The minimum atomic E-state index is -0.313. The Morgan fingerprint density at radius 3 is 2.78 bits per heavy atom. The average Bonchev–Trinajstić information content (AvgIpc) is 2.77. The Balaban J connectivity index is 1.74. The van der Waals surface area contributed by atoms with E-state index in [9.17, 15) is 9.18 Å². The van der Waals surface area contributed by atoms with Crippen molar-refractivity contribution < 1.29 is 13.9 Å². The van der Waals surface area contributed by atoms with Gasteiger partial charge in [-0.1, -0.05) is 6.92 Å². The quantitative estimate of drug-likeness (QED) is 0.839. The molecule has 0 bridgehead atoms. The fourth-order valence-electron chi connectivity index (χ4n) is 3.75. The number of halogens is 1. The maximum absolute atomic E-state index is 13.1. The van der Waals surface area contributed by atoms with Gasteiger partial charge in [-0.2, -0.15) is 0 Å². The molecule has 2 aliphatic rings. The molecule has 0 saturated carbocycles. The molecule has 2 saturated heterocycles. The minimum Gasteiger partial charge on any atom is -0.379 e. The number of likely N-dealkylation sites (tertiary alicyclic amines) is 1. The molecule has 2 aliphatic heterocycles. The normalized spacial score (nSPS) is 26.3. The van der Waals surface area contributed by atoms with Gasteiger partial charge in [0.25, 0.3) is 5.91 Å². The van der Waals surface area contributed by atoms with Gasteiger partial charge < -0.3 is 14.5 Å². The van der Waals surface area contributed by atoms with Gasteiger partial charge in [0.1, 0.15) is 5.82 Å². The molecule has 126 valence electrons. The van der Waals surface area contributed by atoms with Crippen LogP contribution in [-0.4, -0.2) is 61.6 Å². The molecular weight excluding hydrogens is 295 g/mol. The first-order valence-electron chi connectivity index (χ1n) is 8.47. The highest BCUT2D eigenvalue weighted by Gasteiger charge is 2.40. The molecular formula is C18H25FN2O2. The van der Waals surface area contributed by atoms with Crippen molar-refractivity contribution in [3.05, 3.63) is 35.6 Å². The van der Waals surface area contributed by atoms with E-state index in [2.05, 4.69) is 11.8 Å². The number of hydrogen-bond acceptors (Lipinski definition) is 3. The fourth-order valence-corrected chi connectivity index (χ4v) is 3.75. The number of ether oxygens (including phenoxy) is 1. The Morgan fingerprint density at radius 2 is 2.04 bits per heavy atom. The van der Waals surface area contributed by atoms with Crippen molar-refractivity contribution >= 4 is 5.91 Å². The molecule has 1 atom stereocenters. The molecule has 0 aliphatic carbocycles. The van der Waals surface area contributed by atoms with Crippen molar-refractivity contribution in [1.82, 2.24) is 9.80 Å². The fraction of sp³-hybridized carbons (Fsp3) is 0.611. The van der Waals surface area contributed by atoms with Gasteiger partial charge >= 0.3 is 0 Å². The Kier molecular flexibility index (Phi) is 4.97. The molecule has 0 aromatic heterocycles. The van der Waals surface area contributed by atoms with Crippen LogP contribution in [0.25, 0.3) is 0 Å². The molecule has 2 fully saturated rings. The summed E-state index contributed by atoms with van der Waals surface area (Å²) in [4.78, 5) is 17.1. The van der Waals surface area contributed by atoms with Crippen molar-refractivity contribution in [2.45, 2.75) is 19.8 Å². The maximum atomic E-state index is 13.1. The summed E-state index contributed by atoms with van der Waals surface area (Å²) in [6.45, 7) is 8.10. The van der Waals surface area contributed by atoms with Gasteiger partial charge in [-0.3, -0.25) is 4.79 Å². The van der Waals surface area contributed by atoms with E-state index >= 15 is 0 Å². The van der Waals surface area contributed by atoms with E-state index in [1.165, 1.54) is 12.1 Å². The highest BCUT2D eigenvalue weighted by atomic mass is 19.1. The van der Waals surface area contributed by atoms with Gasteiger partial charge in [0.2, 0.25) is 0 Å². The summed E-state index contributed by atoms with van der Waals surface area (Å²) in [5, 5.41) is 0. The van der Waals surface area contributed by atoms with Crippen LogP contribution in [-0.2, 0) is 4.74 Å². The van der Waals surface area contributed by atoms with Crippen LogP contribution in [0, 0.1) is 11.2 Å². The second-order valence-corrected chi connectivity index (χ2v) is 6.76. The Morgan fingerprint density at radius 1 is 1.26 bits per heavy atom. The monoisotopic (exact) mass is 320 g/mol. The predicted molar refractivity (Wildman–Crippen MR) is 86.9 cm³/mol. The summed E-state index contributed by atoms with van der Waals surface area (Å²) in [6.07, 6.45) is 2.09. The summed E-state index contributed by atoms with van der Waals surface area (Å²) in [7, 11) is 0. The van der Waals surface area contributed by atoms with E-state index in [1.54, 1.807) is 12.1 Å². The lowest BCUT2D eigenvalue weighted by atomic mass is 9.80. The largest absolute Gasteiger partial charge is 0.379 e. The minimum absolute atomic E-state index is 0.00336. The SMILES string of the molecule is CCN1CCOC[C@]2(CCCN(C(=O)c3ccc(F)cc3)C2)C1. The van der Waals surface area contributed by atoms with Crippen molar-refractivity contribution in [2.75, 3.05) is 45.9 Å². The van der Waals surface area contributed by atoms with Gasteiger partial charge in [-0.15, -0.1) is 0 Å². The van der Waals surface area contributed by atoms with Crippen LogP contribution in [0.3, 0.4) is 0 Å². The number of nitrogens with zero attached hydrogens (tertiary/aromatic N) is 2. The van der Waals surface area contributed by atoms with Gasteiger partial charge in [0.05, 0.1) is 13.2 Å². The number of carbonyl (C=O) groups is 1. The summed E-state index contributed by atoms with van der Waals surface area (Å²) < 4.78 is 18.9. The van der Waals surface area contributed by atoms with Crippen LogP contribution in [0.5, 0.6) is 0 Å². The van der Waals surface area contributed by atoms with E-state index < -0.39 is 0 Å². The molecule has 2 heterocycles. The number of rotatable bonds is 2. The third-order valence-corrected chi connectivity index (χ3v) is 5.01. The van der Waals surface area contributed by atoms with Gasteiger partial charge in [-0.25, -0.2) is 4.39 Å². The number of likely N-dealkylation sites (N-methyl/N-ethyl adjacent to an activating group) is 1. The topological polar surface area (TPSA) is 32.8 Å². The number of carbonyl (C=O) groups excluding carboxylic acids is 1. The molecule has 1 spiro atoms. The standard InChI is InChI=1S/C18H25FN2O2/c1-2-20-10-11-23-14-18(12-20)8-3-9-21(13-18)17(22)15-4-6-16(19)7-5-15/h4-7H,2-3,8-14H2,1H3/t18-/m1/s1. The zero-order valence-electron chi connectivity index (χ0n) is 13.8. The first-order valence-corrected chi connectivity index (χ1v) is 8.47. The second kappa shape index (κ2) is 6.97. The lowest BCUT2D eigenvalue weighted by Crippen LogP contribution is -2.52. The van der Waals surface area contributed by atoms with Crippen LogP contribution in [0.1, 0.15) is 30.1 Å². The third kappa shape index (κ3) is 3.72. The maximum Gasteiger partial charge on any atom is 0.253 e. The van der Waals surface area contributed by atoms with E-state index in [-0.39, 0.29) is 17.1 Å². The first kappa shape index (κ1) is 16.4. The van der Waals surface area contributed by atoms with Crippen LogP contribution in [0.2, 0.25) is 0 Å². The number of amides is 1. The molecule has 0 N–H and O–H groups in total. The highest BCUT2D eigenvalue weighted by molar-refractivity contribution is 5.94. The summed E-state index contributed by atoms with van der Waals surface area (Å²) in [6, 6.07) is 5.84. The Hall–Kier alpha value is -1.46.